The number of ether oxygens (including phenoxy) is 1. The zero-order valence-corrected chi connectivity index (χ0v) is 36.0. The molecule has 3 aliphatic heterocycles. The molecule has 1 aliphatic carbocycles. The molecule has 2 aromatic heterocycles. The Labute approximate surface area is 357 Å². The summed E-state index contributed by atoms with van der Waals surface area (Å²) in [6.07, 6.45) is -9.48. The van der Waals surface area contributed by atoms with Gasteiger partial charge in [0, 0.05) is 77.7 Å². The van der Waals surface area contributed by atoms with Crippen LogP contribution in [0.5, 0.6) is 0 Å². The molecule has 0 bridgehead atoms. The fourth-order valence-corrected chi connectivity index (χ4v) is 9.18. The van der Waals surface area contributed by atoms with Crippen LogP contribution >= 0.6 is 15.6 Å². The van der Waals surface area contributed by atoms with E-state index in [0.717, 1.165) is 6.33 Å². The summed E-state index contributed by atoms with van der Waals surface area (Å²) in [5, 5.41) is 61.3. The number of fused-ring (bicyclic) bond motifs is 3. The van der Waals surface area contributed by atoms with E-state index in [2.05, 4.69) is 51.2 Å². The van der Waals surface area contributed by atoms with Crippen molar-refractivity contribution >= 4 is 104 Å². The average molecular weight is 840 g/mol. The van der Waals surface area contributed by atoms with Crippen molar-refractivity contribution in [2.24, 2.45) is 11.8 Å². The Bertz CT molecular complexity index is 1790. The normalized spacial score (nSPS) is 34.7. The van der Waals surface area contributed by atoms with Crippen LogP contribution in [0.25, 0.3) is 11.2 Å². The summed E-state index contributed by atoms with van der Waals surface area (Å²) < 4.78 is 44.6. The van der Waals surface area contributed by atoms with Crippen molar-refractivity contribution in [1.29, 1.82) is 0 Å². The Balaban J connectivity index is 0.00000336. The van der Waals surface area contributed by atoms with Gasteiger partial charge in [-0.2, -0.15) is 0 Å². The first-order valence-corrected chi connectivity index (χ1v) is 19.5. The molecule has 3 saturated heterocycles. The number of aliphatic hydroxyl groups excluding tert-OH is 5. The number of nitrogens with zero attached hydrogens (tertiary/aromatic N) is 5. The van der Waals surface area contributed by atoms with Crippen LogP contribution in [-0.4, -0.2) is 202 Å². The van der Waals surface area contributed by atoms with Gasteiger partial charge in [-0.3, -0.25) is 34.0 Å². The predicted octanol–water partition coefficient (Wildman–Crippen LogP) is -5.42. The van der Waals surface area contributed by atoms with E-state index in [4.69, 9.17) is 10.5 Å². The number of β-amino-alcohol motifs (C(OH)–C–C–N with tert-alkyl or cyclic N) is 1. The van der Waals surface area contributed by atoms with E-state index in [1.807, 2.05) is 6.92 Å². The third-order valence-corrected chi connectivity index (χ3v) is 12.7. The number of imide groups is 1. The SMILES string of the molecule is CC1CC2NC3C(=O)NC(=O)NC3N(C[C@H](O)[C@H](O)[C@H](O)COP(=O)([O-])OP(=O)([O-])OC[C@H]3O[C@@H](n4cnc5c(N)ncnc54)[C@H](O)[C@@H]3O)C2CC1C.[Na].[Na]. The van der Waals surface area contributed by atoms with Gasteiger partial charge in [-0.05, 0) is 24.7 Å². The summed E-state index contributed by atoms with van der Waals surface area (Å²) in [6.45, 7) is 1.46. The van der Waals surface area contributed by atoms with Crippen LogP contribution in [0.1, 0.15) is 32.9 Å². The molecule has 0 aromatic carbocycles. The zero-order valence-electron chi connectivity index (χ0n) is 30.2. The third kappa shape index (κ3) is 10.3. The molecule has 3 amide bonds. The van der Waals surface area contributed by atoms with Crippen LogP contribution in [0.4, 0.5) is 10.6 Å². The van der Waals surface area contributed by atoms with Crippen molar-refractivity contribution in [3.63, 3.8) is 0 Å². The van der Waals surface area contributed by atoms with Crippen molar-refractivity contribution in [3.8, 4) is 0 Å². The number of carbonyl (C=O) groups is 2. The van der Waals surface area contributed by atoms with Gasteiger partial charge < -0.3 is 60.2 Å². The molecule has 15 atom stereocenters. The van der Waals surface area contributed by atoms with Crippen molar-refractivity contribution in [2.75, 3.05) is 25.5 Å². The van der Waals surface area contributed by atoms with Gasteiger partial charge in [-0.1, -0.05) is 13.8 Å². The summed E-state index contributed by atoms with van der Waals surface area (Å²) in [5.41, 5.74) is 6.05. The van der Waals surface area contributed by atoms with Crippen molar-refractivity contribution in [3.05, 3.63) is 12.7 Å². The molecular weight excluding hydrogens is 798 g/mol. The van der Waals surface area contributed by atoms with Crippen molar-refractivity contribution in [2.45, 2.75) is 93.8 Å². The molecule has 2 aromatic rings. The molecule has 4 fully saturated rings. The van der Waals surface area contributed by atoms with Gasteiger partial charge in [0.25, 0.3) is 15.6 Å². The molecule has 4 aliphatic rings. The summed E-state index contributed by atoms with van der Waals surface area (Å²) in [6, 6.07) is -2.15. The second kappa shape index (κ2) is 18.7. The van der Waals surface area contributed by atoms with Gasteiger partial charge in [0.2, 0.25) is 5.91 Å². The van der Waals surface area contributed by atoms with Crippen LogP contribution < -0.4 is 31.5 Å². The number of nitrogens with one attached hydrogen (secondary N) is 3. The molecule has 2 radical (unpaired) electrons. The largest absolute Gasteiger partial charge is 0.756 e. The van der Waals surface area contributed by atoms with E-state index in [1.165, 1.54) is 10.9 Å². The van der Waals surface area contributed by atoms with E-state index >= 15 is 0 Å². The quantitative estimate of drug-likeness (QED) is 0.0671. The molecule has 5 heterocycles. The molecule has 24 nitrogen and oxygen atoms in total. The van der Waals surface area contributed by atoms with E-state index in [1.54, 1.807) is 4.90 Å². The summed E-state index contributed by atoms with van der Waals surface area (Å²) in [5.74, 6) is -0.0279. The van der Waals surface area contributed by atoms with Crippen LogP contribution in [0.2, 0.25) is 0 Å². The third-order valence-electron chi connectivity index (χ3n) is 10.2. The summed E-state index contributed by atoms with van der Waals surface area (Å²) >= 11 is 0. The van der Waals surface area contributed by atoms with Crippen LogP contribution in [0.3, 0.4) is 0 Å². The molecule has 28 heteroatoms. The minimum absolute atomic E-state index is 0. The number of hydrogen-bond donors (Lipinski definition) is 9. The molecule has 10 N–H and O–H groups in total. The number of aromatic nitrogens is 4. The molecule has 0 spiro atoms. The number of rotatable bonds is 13. The van der Waals surface area contributed by atoms with Gasteiger partial charge in [0.1, 0.15) is 54.6 Å². The summed E-state index contributed by atoms with van der Waals surface area (Å²) in [4.78, 5) is 63.1. The molecule has 1 saturated carbocycles. The minimum Gasteiger partial charge on any atom is -0.756 e. The first-order chi connectivity index (χ1) is 24.9. The number of piperazine rings is 1. The number of phosphoric ester groups is 2. The van der Waals surface area contributed by atoms with Gasteiger partial charge in [-0.15, -0.1) is 0 Å². The van der Waals surface area contributed by atoms with E-state index in [0.29, 0.717) is 18.8 Å². The predicted molar refractivity (Wildman–Crippen MR) is 183 cm³/mol. The Morgan fingerprint density at radius 2 is 1.69 bits per heavy atom. The van der Waals surface area contributed by atoms with Crippen molar-refractivity contribution < 1.29 is 72.1 Å². The van der Waals surface area contributed by atoms with Gasteiger partial charge in [0.15, 0.2) is 17.7 Å². The monoisotopic (exact) mass is 839 g/mol. The molecule has 55 heavy (non-hydrogen) atoms. The fraction of sp³-hybridized carbons (Fsp3) is 0.741. The van der Waals surface area contributed by atoms with E-state index < -0.39 is 95.9 Å². The Morgan fingerprint density at radius 3 is 2.40 bits per heavy atom. The Morgan fingerprint density at radius 1 is 1.02 bits per heavy atom. The summed E-state index contributed by atoms with van der Waals surface area (Å²) in [7, 11) is -11.6. The molecule has 298 valence electrons. The molecular formula is C27H41N9Na2O15P2-2. The topological polar surface area (TPSA) is 361 Å². The first kappa shape index (κ1) is 46.9. The fourth-order valence-electron chi connectivity index (χ4n) is 7.16. The van der Waals surface area contributed by atoms with Crippen LogP contribution in [-0.2, 0) is 32.0 Å². The number of phosphoric acid groups is 2. The second-order valence-corrected chi connectivity index (χ2v) is 16.6. The van der Waals surface area contributed by atoms with E-state index in [9.17, 15) is 54.0 Å². The van der Waals surface area contributed by atoms with Gasteiger partial charge in [0.05, 0.1) is 25.6 Å². The number of anilines is 1. The average Bonchev–Trinajstić information content (AvgIpc) is 3.63. The first-order valence-electron chi connectivity index (χ1n) is 16.6. The van der Waals surface area contributed by atoms with Crippen LogP contribution in [0, 0.1) is 11.8 Å². The van der Waals surface area contributed by atoms with Gasteiger partial charge in [-0.25, -0.2) is 24.1 Å². The standard InChI is InChI=1S/C27H43N9O15P2.2Na/c1-10-3-12-13(4-11(10)2)35(24-18(32-12)25(42)34-27(43)33-24)5-14(37)19(39)15(38)6-48-52(44,45)51-53(46,47)49-7-16-20(40)21(41)26(50-16)36-9-31-17-22(28)29-8-30-23(17)36;;/h8-16,18-21,24,26,32,37-41H,3-7H2,1-2H3,(H,44,45)(H,46,47)(H2,28,29,30)(H2,33,34,42,43);;/p-2/t10?,11?,12?,13?,14-,15+,16+,18?,19-,20+,21+,24?,26+;;/m0../s1. The number of nitrogen functional groups attached to an aromatic ring is 1. The minimum atomic E-state index is -5.82. The second-order valence-electron chi connectivity index (χ2n) is 13.7. The van der Waals surface area contributed by atoms with Gasteiger partial charge >= 0.3 is 6.03 Å². The number of amides is 3. The number of hydrogen-bond acceptors (Lipinski definition) is 21. The van der Waals surface area contributed by atoms with Crippen molar-refractivity contribution in [1.82, 2.24) is 40.4 Å². The maximum Gasteiger partial charge on any atom is 0.322 e. The number of carbonyl (C=O) groups excluding carboxylic acids is 2. The Kier molecular flexibility index (Phi) is 15.9. The van der Waals surface area contributed by atoms with Crippen LogP contribution in [0.15, 0.2) is 12.7 Å². The maximum absolute atomic E-state index is 12.7. The number of nitrogens with two attached hydrogens (primary N) is 1. The number of aliphatic hydroxyl groups is 5. The van der Waals surface area contributed by atoms with E-state index in [-0.39, 0.29) is 101 Å². The maximum atomic E-state index is 12.7. The molecule has 6 rings (SSSR count). The number of imidazole rings is 1. The molecule has 8 unspecified atom stereocenters. The smallest absolute Gasteiger partial charge is 0.322 e. The zero-order chi connectivity index (χ0) is 38.6. The number of urea groups is 1. The Hall–Kier alpha value is -0.770.